The average molecular weight is 279 g/mol. The van der Waals surface area contributed by atoms with Crippen molar-refractivity contribution in [2.45, 2.75) is 6.42 Å². The van der Waals surface area contributed by atoms with E-state index >= 15 is 0 Å². The van der Waals surface area contributed by atoms with Gasteiger partial charge in [-0.1, -0.05) is 36.4 Å². The van der Waals surface area contributed by atoms with Crippen LogP contribution in [0.2, 0.25) is 0 Å². The van der Waals surface area contributed by atoms with E-state index in [2.05, 4.69) is 10.3 Å². The number of aliphatic imine (C=N–C) groups is 1. The minimum atomic E-state index is -0.439. The van der Waals surface area contributed by atoms with Gasteiger partial charge in [0.1, 0.15) is 6.42 Å². The summed E-state index contributed by atoms with van der Waals surface area (Å²) in [4.78, 5) is 28.9. The Labute approximate surface area is 121 Å². The molecular weight excluding hydrogens is 266 g/mol. The summed E-state index contributed by atoms with van der Waals surface area (Å²) in [6.45, 7) is 0. The molecule has 0 aliphatic carbocycles. The Morgan fingerprint density at radius 2 is 1.38 bits per heavy atom. The molecule has 0 saturated heterocycles. The molecule has 1 aliphatic heterocycles. The first-order chi connectivity index (χ1) is 10.2. The van der Waals surface area contributed by atoms with Crippen molar-refractivity contribution < 1.29 is 9.59 Å². The maximum Gasteiger partial charge on any atom is 0.258 e. The molecule has 3 rings (SSSR count). The topological polar surface area (TPSA) is 61.8 Å². The summed E-state index contributed by atoms with van der Waals surface area (Å²) in [7, 11) is 0. The van der Waals surface area contributed by atoms with Gasteiger partial charge < -0.3 is 0 Å². The van der Waals surface area contributed by atoms with Crippen molar-refractivity contribution in [3.63, 3.8) is 0 Å². The van der Waals surface area contributed by atoms with Crippen molar-refractivity contribution in [1.82, 2.24) is 5.32 Å². The highest BCUT2D eigenvalue weighted by molar-refractivity contribution is 6.19. The van der Waals surface area contributed by atoms with Crippen LogP contribution in [-0.4, -0.2) is 17.8 Å². The number of nitrogens with one attached hydrogen (secondary N) is 1. The monoisotopic (exact) mass is 279 g/mol. The molecule has 0 radical (unpaired) electrons. The number of nitrogens with zero attached hydrogens (tertiary/aromatic N) is 2. The van der Waals surface area contributed by atoms with Gasteiger partial charge in [0.15, 0.2) is 0 Å². The van der Waals surface area contributed by atoms with E-state index in [-0.39, 0.29) is 18.3 Å². The second-order valence-corrected chi connectivity index (χ2v) is 4.56. The third kappa shape index (κ3) is 2.81. The lowest BCUT2D eigenvalue weighted by atomic mass is 10.2. The van der Waals surface area contributed by atoms with Gasteiger partial charge in [0, 0.05) is 11.4 Å². The van der Waals surface area contributed by atoms with Crippen LogP contribution in [0.3, 0.4) is 0 Å². The molecule has 21 heavy (non-hydrogen) atoms. The Kier molecular flexibility index (Phi) is 3.47. The molecule has 0 aromatic heterocycles. The third-order valence-corrected chi connectivity index (χ3v) is 3.03. The molecule has 2 aromatic rings. The standard InChI is InChI=1S/C16H13N3O2/c20-14-11-15(21)18-16(17-14)19(12-7-3-1-4-8-12)13-9-5-2-6-10-13/h1-10H,11H2,(H,17,18,20,21). The van der Waals surface area contributed by atoms with Gasteiger partial charge in [0.25, 0.3) is 5.91 Å². The summed E-state index contributed by atoms with van der Waals surface area (Å²) in [5, 5.41) is 2.66. The molecule has 0 fully saturated rings. The number of para-hydroxylation sites is 2. The van der Waals surface area contributed by atoms with Gasteiger partial charge in [-0.25, -0.2) is 0 Å². The zero-order valence-corrected chi connectivity index (χ0v) is 11.2. The van der Waals surface area contributed by atoms with Gasteiger partial charge in [-0.05, 0) is 24.3 Å². The Morgan fingerprint density at radius 1 is 0.857 bits per heavy atom. The van der Waals surface area contributed by atoms with Crippen LogP contribution in [0.1, 0.15) is 6.42 Å². The van der Waals surface area contributed by atoms with Gasteiger partial charge >= 0.3 is 0 Å². The number of benzene rings is 2. The van der Waals surface area contributed by atoms with Crippen molar-refractivity contribution in [3.8, 4) is 0 Å². The predicted octanol–water partition coefficient (Wildman–Crippen LogP) is 2.23. The summed E-state index contributed by atoms with van der Waals surface area (Å²) >= 11 is 0. The van der Waals surface area contributed by atoms with Crippen LogP contribution in [0.15, 0.2) is 65.7 Å². The summed E-state index contributed by atoms with van der Waals surface area (Å²) in [6.07, 6.45) is -0.207. The van der Waals surface area contributed by atoms with E-state index in [1.54, 1.807) is 4.90 Å². The lowest BCUT2D eigenvalue weighted by molar-refractivity contribution is -0.127. The first-order valence-corrected chi connectivity index (χ1v) is 6.55. The number of anilines is 2. The quantitative estimate of drug-likeness (QED) is 0.857. The van der Waals surface area contributed by atoms with E-state index in [0.29, 0.717) is 0 Å². The molecule has 0 saturated carbocycles. The fourth-order valence-electron chi connectivity index (χ4n) is 2.15. The van der Waals surface area contributed by atoms with Crippen molar-refractivity contribution >= 4 is 29.1 Å². The number of carbonyl (C=O) groups is 2. The zero-order valence-electron chi connectivity index (χ0n) is 11.2. The van der Waals surface area contributed by atoms with Gasteiger partial charge in [-0.2, -0.15) is 4.99 Å². The minimum Gasteiger partial charge on any atom is -0.295 e. The van der Waals surface area contributed by atoms with E-state index < -0.39 is 5.91 Å². The van der Waals surface area contributed by atoms with Crippen LogP contribution in [0.5, 0.6) is 0 Å². The Hall–Kier alpha value is -2.95. The van der Waals surface area contributed by atoms with Gasteiger partial charge in [0.2, 0.25) is 11.9 Å². The molecule has 0 unspecified atom stereocenters. The fraction of sp³-hybridized carbons (Fsp3) is 0.0625. The third-order valence-electron chi connectivity index (χ3n) is 3.03. The molecule has 1 N–H and O–H groups in total. The van der Waals surface area contributed by atoms with E-state index in [0.717, 1.165) is 11.4 Å². The maximum absolute atomic E-state index is 11.6. The first-order valence-electron chi connectivity index (χ1n) is 6.55. The molecular formula is C16H13N3O2. The number of amides is 2. The Balaban J connectivity index is 2.09. The van der Waals surface area contributed by atoms with Crippen LogP contribution in [0, 0.1) is 0 Å². The largest absolute Gasteiger partial charge is 0.295 e. The van der Waals surface area contributed by atoms with Crippen LogP contribution < -0.4 is 10.2 Å². The summed E-state index contributed by atoms with van der Waals surface area (Å²) in [5.74, 6) is -0.555. The molecule has 0 bridgehead atoms. The molecule has 0 spiro atoms. The average Bonchev–Trinajstić information content (AvgIpc) is 2.49. The fourth-order valence-corrected chi connectivity index (χ4v) is 2.15. The number of rotatable bonds is 2. The molecule has 104 valence electrons. The predicted molar refractivity (Wildman–Crippen MR) is 80.2 cm³/mol. The molecule has 5 nitrogen and oxygen atoms in total. The maximum atomic E-state index is 11.6. The summed E-state index contributed by atoms with van der Waals surface area (Å²) in [5.41, 5.74) is 1.63. The van der Waals surface area contributed by atoms with E-state index in [1.165, 1.54) is 0 Å². The summed E-state index contributed by atoms with van der Waals surface area (Å²) in [6, 6.07) is 18.9. The van der Waals surface area contributed by atoms with Gasteiger partial charge in [-0.3, -0.25) is 19.8 Å². The number of hydrogen-bond donors (Lipinski definition) is 1. The molecule has 2 aromatic carbocycles. The van der Waals surface area contributed by atoms with Gasteiger partial charge in [0.05, 0.1) is 0 Å². The van der Waals surface area contributed by atoms with Gasteiger partial charge in [-0.15, -0.1) is 0 Å². The van der Waals surface area contributed by atoms with E-state index in [9.17, 15) is 9.59 Å². The lowest BCUT2D eigenvalue weighted by Crippen LogP contribution is -2.46. The van der Waals surface area contributed by atoms with Crippen LogP contribution in [-0.2, 0) is 9.59 Å². The van der Waals surface area contributed by atoms with Crippen LogP contribution in [0.25, 0.3) is 0 Å². The number of carbonyl (C=O) groups excluding carboxylic acids is 2. The van der Waals surface area contributed by atoms with Crippen molar-refractivity contribution in [2.24, 2.45) is 4.99 Å². The molecule has 0 atom stereocenters. The molecule has 2 amide bonds. The highest BCUT2D eigenvalue weighted by Gasteiger charge is 2.24. The summed E-state index contributed by atoms with van der Waals surface area (Å²) < 4.78 is 0. The SMILES string of the molecule is O=C1CC(=O)NC(N(c2ccccc2)c2ccccc2)=N1. The van der Waals surface area contributed by atoms with Crippen molar-refractivity contribution in [3.05, 3.63) is 60.7 Å². The second kappa shape index (κ2) is 5.58. The Bertz CT molecular complexity index is 656. The smallest absolute Gasteiger partial charge is 0.258 e. The van der Waals surface area contributed by atoms with Crippen LogP contribution >= 0.6 is 0 Å². The zero-order chi connectivity index (χ0) is 14.7. The van der Waals surface area contributed by atoms with Crippen molar-refractivity contribution in [1.29, 1.82) is 0 Å². The molecule has 1 aliphatic rings. The minimum absolute atomic E-state index is 0.207. The van der Waals surface area contributed by atoms with Crippen LogP contribution in [0.4, 0.5) is 11.4 Å². The molecule has 5 heteroatoms. The normalized spacial score (nSPS) is 14.4. The first kappa shape index (κ1) is 13.1. The Morgan fingerprint density at radius 3 is 1.86 bits per heavy atom. The number of hydrogen-bond acceptors (Lipinski definition) is 3. The lowest BCUT2D eigenvalue weighted by Gasteiger charge is -2.27. The second-order valence-electron chi connectivity index (χ2n) is 4.56. The number of guanidine groups is 1. The highest BCUT2D eigenvalue weighted by Crippen LogP contribution is 2.25. The molecule has 1 heterocycles. The van der Waals surface area contributed by atoms with Crippen molar-refractivity contribution in [2.75, 3.05) is 4.90 Å². The van der Waals surface area contributed by atoms with E-state index in [4.69, 9.17) is 0 Å². The van der Waals surface area contributed by atoms with E-state index in [1.807, 2.05) is 60.7 Å². The highest BCUT2D eigenvalue weighted by atomic mass is 16.2.